The number of carbonyl (C=O) groups excluding carboxylic acids is 1. The third-order valence-electron chi connectivity index (χ3n) is 6.67. The highest BCUT2D eigenvalue weighted by Crippen LogP contribution is 2.33. The van der Waals surface area contributed by atoms with E-state index in [4.69, 9.17) is 4.98 Å². The Morgan fingerprint density at radius 1 is 1.06 bits per heavy atom. The molecule has 0 spiro atoms. The number of rotatable bonds is 3. The van der Waals surface area contributed by atoms with Crippen LogP contribution in [0, 0.1) is 6.92 Å². The minimum Gasteiger partial charge on any atom is -0.338 e. The normalized spacial score (nSPS) is 16.6. The Bertz CT molecular complexity index is 1410. The van der Waals surface area contributed by atoms with Crippen LogP contribution in [-0.4, -0.2) is 38.7 Å². The molecule has 5 rings (SSSR count). The van der Waals surface area contributed by atoms with Crippen LogP contribution in [0.2, 0.25) is 0 Å². The molecule has 0 bridgehead atoms. The van der Waals surface area contributed by atoms with Gasteiger partial charge in [-0.25, -0.2) is 0 Å². The molecule has 2 aromatic carbocycles. The smallest absolute Gasteiger partial charge is 0.338 e. The predicted molar refractivity (Wildman–Crippen MR) is 128 cm³/mol. The zero-order valence-corrected chi connectivity index (χ0v) is 19.5. The van der Waals surface area contributed by atoms with Gasteiger partial charge >= 0.3 is 6.18 Å². The van der Waals surface area contributed by atoms with Crippen LogP contribution in [0.4, 0.5) is 13.2 Å². The molecule has 1 amide bonds. The van der Waals surface area contributed by atoms with Gasteiger partial charge in [0.25, 0.3) is 5.91 Å². The van der Waals surface area contributed by atoms with Gasteiger partial charge in [0.05, 0.1) is 22.5 Å². The van der Waals surface area contributed by atoms with Crippen LogP contribution in [0.25, 0.3) is 22.2 Å². The molecule has 0 saturated carbocycles. The Balaban J connectivity index is 1.38. The number of pyridine rings is 1. The number of carbonyl (C=O) groups is 1. The number of halogens is 3. The van der Waals surface area contributed by atoms with Gasteiger partial charge in [-0.3, -0.25) is 14.5 Å². The molecule has 0 N–H and O–H groups in total. The van der Waals surface area contributed by atoms with Gasteiger partial charge in [-0.2, -0.15) is 18.3 Å². The fraction of sp³-hybridized carbons (Fsp3) is 0.296. The number of alkyl halides is 3. The van der Waals surface area contributed by atoms with Crippen LogP contribution in [-0.2, 0) is 13.2 Å². The molecule has 1 fully saturated rings. The van der Waals surface area contributed by atoms with Crippen molar-refractivity contribution in [3.63, 3.8) is 0 Å². The number of nitrogens with zero attached hydrogens (tertiary/aromatic N) is 4. The first kappa shape index (κ1) is 23.1. The van der Waals surface area contributed by atoms with Crippen molar-refractivity contribution >= 4 is 16.8 Å². The van der Waals surface area contributed by atoms with Crippen LogP contribution in [0.5, 0.6) is 0 Å². The van der Waals surface area contributed by atoms with Crippen LogP contribution in [0.15, 0.2) is 60.7 Å². The SMILES string of the molecule is Cc1nn(C)c2ccc(C(=O)N3CCCC(c4cccc(-c5cccc(C(F)(F)F)c5)n4)C3)cc12. The summed E-state index contributed by atoms with van der Waals surface area (Å²) in [6, 6.07) is 16.3. The number of hydrogen-bond acceptors (Lipinski definition) is 3. The fourth-order valence-corrected chi connectivity index (χ4v) is 4.85. The number of aryl methyl sites for hydroxylation is 2. The molecule has 1 aliphatic heterocycles. The molecule has 1 saturated heterocycles. The Morgan fingerprint density at radius 3 is 2.66 bits per heavy atom. The lowest BCUT2D eigenvalue weighted by Gasteiger charge is -2.32. The summed E-state index contributed by atoms with van der Waals surface area (Å²) in [5, 5.41) is 5.39. The highest BCUT2D eigenvalue weighted by molar-refractivity contribution is 5.98. The molecule has 1 atom stereocenters. The van der Waals surface area contributed by atoms with Crippen molar-refractivity contribution in [3.05, 3.63) is 83.2 Å². The van der Waals surface area contributed by atoms with Crippen LogP contribution < -0.4 is 0 Å². The molecule has 5 nitrogen and oxygen atoms in total. The van der Waals surface area contributed by atoms with Gasteiger partial charge in [0, 0.05) is 48.3 Å². The molecule has 0 radical (unpaired) electrons. The van der Waals surface area contributed by atoms with E-state index in [1.165, 1.54) is 6.07 Å². The third-order valence-corrected chi connectivity index (χ3v) is 6.67. The molecule has 8 heteroatoms. The first-order valence-electron chi connectivity index (χ1n) is 11.6. The third kappa shape index (κ3) is 4.52. The van der Waals surface area contributed by atoms with Gasteiger partial charge in [-0.05, 0) is 62.2 Å². The quantitative estimate of drug-likeness (QED) is 0.364. The average molecular weight is 479 g/mol. The lowest BCUT2D eigenvalue weighted by Crippen LogP contribution is -2.39. The molecule has 2 aromatic heterocycles. The van der Waals surface area contributed by atoms with Gasteiger partial charge < -0.3 is 4.90 Å². The summed E-state index contributed by atoms with van der Waals surface area (Å²) in [5.74, 6) is -0.0174. The highest BCUT2D eigenvalue weighted by atomic mass is 19.4. The van der Waals surface area contributed by atoms with E-state index >= 15 is 0 Å². The monoisotopic (exact) mass is 478 g/mol. The van der Waals surface area contributed by atoms with E-state index in [9.17, 15) is 18.0 Å². The summed E-state index contributed by atoms with van der Waals surface area (Å²) in [6.45, 7) is 3.10. The zero-order chi connectivity index (χ0) is 24.7. The molecule has 4 aromatic rings. The first-order chi connectivity index (χ1) is 16.7. The van der Waals surface area contributed by atoms with E-state index in [1.807, 2.05) is 49.2 Å². The topological polar surface area (TPSA) is 51.0 Å². The number of aromatic nitrogens is 3. The van der Waals surface area contributed by atoms with Gasteiger partial charge in [-0.1, -0.05) is 18.2 Å². The minimum atomic E-state index is -4.41. The average Bonchev–Trinajstić information content (AvgIpc) is 3.16. The van der Waals surface area contributed by atoms with E-state index < -0.39 is 11.7 Å². The maximum absolute atomic E-state index is 13.3. The molecule has 1 aliphatic rings. The Morgan fingerprint density at radius 2 is 1.86 bits per heavy atom. The Labute approximate surface area is 201 Å². The van der Waals surface area contributed by atoms with Crippen LogP contribution >= 0.6 is 0 Å². The number of hydrogen-bond donors (Lipinski definition) is 0. The van der Waals surface area contributed by atoms with Crippen molar-refractivity contribution in [2.75, 3.05) is 13.1 Å². The highest BCUT2D eigenvalue weighted by Gasteiger charge is 2.31. The second-order valence-electron chi connectivity index (χ2n) is 9.06. The van der Waals surface area contributed by atoms with Gasteiger partial charge in [0.1, 0.15) is 0 Å². The van der Waals surface area contributed by atoms with Crippen molar-refractivity contribution in [1.29, 1.82) is 0 Å². The lowest BCUT2D eigenvalue weighted by atomic mass is 9.93. The molecule has 3 heterocycles. The molecule has 0 aliphatic carbocycles. The second kappa shape index (κ2) is 8.83. The van der Waals surface area contributed by atoms with Crippen molar-refractivity contribution in [2.45, 2.75) is 31.9 Å². The van der Waals surface area contributed by atoms with Gasteiger partial charge in [0.15, 0.2) is 0 Å². The van der Waals surface area contributed by atoms with E-state index in [-0.39, 0.29) is 11.8 Å². The van der Waals surface area contributed by atoms with Crippen molar-refractivity contribution in [1.82, 2.24) is 19.7 Å². The summed E-state index contributed by atoms with van der Waals surface area (Å²) < 4.78 is 41.3. The number of piperidine rings is 1. The van der Waals surface area contributed by atoms with Crippen molar-refractivity contribution in [2.24, 2.45) is 7.05 Å². The molecule has 35 heavy (non-hydrogen) atoms. The molecular formula is C27H25F3N4O. The summed E-state index contributed by atoms with van der Waals surface area (Å²) in [4.78, 5) is 19.9. The fourth-order valence-electron chi connectivity index (χ4n) is 4.85. The maximum atomic E-state index is 13.3. The number of benzene rings is 2. The summed E-state index contributed by atoms with van der Waals surface area (Å²) in [7, 11) is 1.88. The minimum absolute atomic E-state index is 0.0160. The standard InChI is InChI=1S/C27H25F3N4O/c1-17-22-15-19(11-12-25(22)33(2)32-17)26(35)34-13-5-7-20(16-34)24-10-4-9-23(31-24)18-6-3-8-21(14-18)27(28,29)30/h3-4,6,8-12,14-15,20H,5,7,13,16H2,1-2H3. The summed E-state index contributed by atoms with van der Waals surface area (Å²) in [6.07, 6.45) is -2.71. The molecule has 180 valence electrons. The maximum Gasteiger partial charge on any atom is 0.416 e. The Kier molecular flexibility index (Phi) is 5.83. The zero-order valence-electron chi connectivity index (χ0n) is 19.5. The van der Waals surface area contributed by atoms with Gasteiger partial charge in [-0.15, -0.1) is 0 Å². The second-order valence-corrected chi connectivity index (χ2v) is 9.06. The van der Waals surface area contributed by atoms with E-state index in [2.05, 4.69) is 5.10 Å². The van der Waals surface area contributed by atoms with Crippen molar-refractivity contribution in [3.8, 4) is 11.3 Å². The number of fused-ring (bicyclic) bond motifs is 1. The Hall–Kier alpha value is -3.68. The summed E-state index contributed by atoms with van der Waals surface area (Å²) >= 11 is 0. The number of likely N-dealkylation sites (tertiary alicyclic amines) is 1. The van der Waals surface area contributed by atoms with E-state index in [0.29, 0.717) is 29.9 Å². The molecule has 1 unspecified atom stereocenters. The van der Waals surface area contributed by atoms with E-state index in [0.717, 1.165) is 47.3 Å². The molecular weight excluding hydrogens is 453 g/mol. The summed E-state index contributed by atoms with van der Waals surface area (Å²) in [5.41, 5.74) is 3.49. The predicted octanol–water partition coefficient (Wildman–Crippen LogP) is 5.98. The van der Waals surface area contributed by atoms with E-state index in [1.54, 1.807) is 16.8 Å². The van der Waals surface area contributed by atoms with Crippen LogP contribution in [0.3, 0.4) is 0 Å². The van der Waals surface area contributed by atoms with Crippen LogP contribution in [0.1, 0.15) is 46.1 Å². The first-order valence-corrected chi connectivity index (χ1v) is 11.6. The largest absolute Gasteiger partial charge is 0.416 e. The van der Waals surface area contributed by atoms with Gasteiger partial charge in [0.2, 0.25) is 0 Å². The number of amides is 1. The van der Waals surface area contributed by atoms with Crippen molar-refractivity contribution < 1.29 is 18.0 Å². The lowest BCUT2D eigenvalue weighted by molar-refractivity contribution is -0.137.